The molecule has 3 atom stereocenters. The van der Waals surface area contributed by atoms with Gasteiger partial charge in [-0.05, 0) is 39.2 Å². The van der Waals surface area contributed by atoms with E-state index in [1.54, 1.807) is 27.9 Å². The molecular formula is C18H26O5. The fourth-order valence-corrected chi connectivity index (χ4v) is 3.40. The van der Waals surface area contributed by atoms with E-state index in [0.717, 1.165) is 18.4 Å². The molecule has 23 heavy (non-hydrogen) atoms. The third-order valence-electron chi connectivity index (χ3n) is 4.36. The molecule has 0 aromatic heterocycles. The highest BCUT2D eigenvalue weighted by molar-refractivity contribution is 6.05. The molecule has 2 aliphatic carbocycles. The van der Waals surface area contributed by atoms with Gasteiger partial charge in [0.15, 0.2) is 5.41 Å². The van der Waals surface area contributed by atoms with Crippen LogP contribution in [-0.4, -0.2) is 38.4 Å². The molecule has 0 amide bonds. The summed E-state index contributed by atoms with van der Waals surface area (Å²) in [5.41, 5.74) is -0.972. The van der Waals surface area contributed by atoms with Crippen LogP contribution in [0, 0.1) is 17.3 Å². The van der Waals surface area contributed by atoms with Crippen molar-refractivity contribution in [3.8, 4) is 0 Å². The van der Waals surface area contributed by atoms with Crippen molar-refractivity contribution in [1.82, 2.24) is 0 Å². The van der Waals surface area contributed by atoms with Gasteiger partial charge in [0, 0.05) is 18.9 Å². The minimum atomic E-state index is -1.30. The van der Waals surface area contributed by atoms with Crippen molar-refractivity contribution in [2.24, 2.45) is 17.3 Å². The van der Waals surface area contributed by atoms with E-state index in [0.29, 0.717) is 6.61 Å². The van der Waals surface area contributed by atoms with E-state index in [1.165, 1.54) is 7.11 Å². The maximum absolute atomic E-state index is 12.9. The molecule has 0 aromatic rings. The molecule has 0 saturated heterocycles. The van der Waals surface area contributed by atoms with Crippen LogP contribution in [0.5, 0.6) is 0 Å². The lowest BCUT2D eigenvalue weighted by Gasteiger charge is -2.24. The number of hydrogen-bond donors (Lipinski definition) is 0. The van der Waals surface area contributed by atoms with E-state index in [-0.39, 0.29) is 11.8 Å². The summed E-state index contributed by atoms with van der Waals surface area (Å²) in [5, 5.41) is 0. The first kappa shape index (κ1) is 17.7. The molecule has 3 unspecified atom stereocenters. The van der Waals surface area contributed by atoms with Gasteiger partial charge in [-0.25, -0.2) is 0 Å². The van der Waals surface area contributed by atoms with Crippen LogP contribution in [0.4, 0.5) is 0 Å². The van der Waals surface area contributed by atoms with Crippen molar-refractivity contribution in [2.75, 3.05) is 20.8 Å². The molecule has 0 N–H and O–H groups in total. The van der Waals surface area contributed by atoms with Gasteiger partial charge in [0.2, 0.25) is 0 Å². The molecule has 1 fully saturated rings. The summed E-state index contributed by atoms with van der Waals surface area (Å²) in [4.78, 5) is 25.4. The maximum Gasteiger partial charge on any atom is 0.325 e. The molecule has 5 heteroatoms. The highest BCUT2D eigenvalue weighted by Crippen LogP contribution is 2.64. The fourth-order valence-electron chi connectivity index (χ4n) is 3.40. The first-order valence-corrected chi connectivity index (χ1v) is 7.96. The van der Waals surface area contributed by atoms with Crippen LogP contribution >= 0.6 is 0 Å². The Morgan fingerprint density at radius 3 is 2.39 bits per heavy atom. The molecule has 0 radical (unpaired) electrons. The summed E-state index contributed by atoms with van der Waals surface area (Å²) in [6.07, 6.45) is 8.03. The van der Waals surface area contributed by atoms with Crippen molar-refractivity contribution in [3.63, 3.8) is 0 Å². The normalized spacial score (nSPS) is 29.7. The number of rotatable bonds is 5. The van der Waals surface area contributed by atoms with Crippen molar-refractivity contribution in [1.29, 1.82) is 0 Å². The van der Waals surface area contributed by atoms with Crippen LogP contribution in [0.2, 0.25) is 0 Å². The summed E-state index contributed by atoms with van der Waals surface area (Å²) in [6.45, 7) is 5.68. The summed E-state index contributed by atoms with van der Waals surface area (Å²) in [7, 11) is 2.87. The zero-order valence-electron chi connectivity index (χ0n) is 14.5. The molecular weight excluding hydrogens is 296 g/mol. The standard InChI is InChI=1S/C18H26O5/c1-17(2,3)23-16(20)18(15(19)22-5)13(11-21-4)14(18)12-9-7-6-8-10-12/h7,9-10,13-14H,6,8,11H2,1-5H3. The Morgan fingerprint density at radius 1 is 1.22 bits per heavy atom. The lowest BCUT2D eigenvalue weighted by molar-refractivity contribution is -0.172. The second-order valence-electron chi connectivity index (χ2n) is 7.09. The van der Waals surface area contributed by atoms with E-state index in [2.05, 4.69) is 12.2 Å². The smallest absolute Gasteiger partial charge is 0.325 e. The highest BCUT2D eigenvalue weighted by Gasteiger charge is 2.77. The van der Waals surface area contributed by atoms with Gasteiger partial charge in [-0.1, -0.05) is 18.2 Å². The van der Waals surface area contributed by atoms with Gasteiger partial charge >= 0.3 is 11.9 Å². The van der Waals surface area contributed by atoms with Crippen molar-refractivity contribution >= 4 is 11.9 Å². The third-order valence-corrected chi connectivity index (χ3v) is 4.36. The van der Waals surface area contributed by atoms with E-state index in [1.807, 2.05) is 6.08 Å². The number of carbonyl (C=O) groups excluding carboxylic acids is 2. The predicted octanol–water partition coefficient (Wildman–Crippen LogP) is 2.66. The van der Waals surface area contributed by atoms with E-state index in [9.17, 15) is 9.59 Å². The second kappa shape index (κ2) is 6.48. The largest absolute Gasteiger partial charge is 0.468 e. The van der Waals surface area contributed by atoms with Crippen molar-refractivity contribution in [2.45, 2.75) is 39.2 Å². The number of allylic oxidation sites excluding steroid dienone is 4. The van der Waals surface area contributed by atoms with Crippen LogP contribution in [0.3, 0.4) is 0 Å². The molecule has 1 saturated carbocycles. The van der Waals surface area contributed by atoms with Crippen LogP contribution in [0.1, 0.15) is 33.6 Å². The molecule has 0 bridgehead atoms. The number of esters is 2. The molecule has 128 valence electrons. The van der Waals surface area contributed by atoms with Gasteiger partial charge < -0.3 is 14.2 Å². The molecule has 0 heterocycles. The van der Waals surface area contributed by atoms with Gasteiger partial charge in [0.25, 0.3) is 0 Å². The average Bonchev–Trinajstić information content (AvgIpc) is 3.16. The Bertz CT molecular complexity index is 540. The first-order chi connectivity index (χ1) is 10.8. The van der Waals surface area contributed by atoms with Crippen LogP contribution < -0.4 is 0 Å². The molecule has 0 aromatic carbocycles. The molecule has 2 aliphatic rings. The SMILES string of the molecule is COCC1C(C2=CCCC=C2)C1(C(=O)OC)C(=O)OC(C)(C)C. The van der Waals surface area contributed by atoms with Crippen LogP contribution in [0.25, 0.3) is 0 Å². The average molecular weight is 322 g/mol. The minimum Gasteiger partial charge on any atom is -0.468 e. The van der Waals surface area contributed by atoms with Crippen molar-refractivity contribution < 1.29 is 23.8 Å². The van der Waals surface area contributed by atoms with Crippen LogP contribution in [-0.2, 0) is 23.8 Å². The predicted molar refractivity (Wildman–Crippen MR) is 85.6 cm³/mol. The summed E-state index contributed by atoms with van der Waals surface area (Å²) in [6, 6.07) is 0. The summed E-state index contributed by atoms with van der Waals surface area (Å²) < 4.78 is 15.8. The van der Waals surface area contributed by atoms with Gasteiger partial charge in [-0.2, -0.15) is 0 Å². The number of methoxy groups -OCH3 is 2. The highest BCUT2D eigenvalue weighted by atomic mass is 16.6. The lowest BCUT2D eigenvalue weighted by Crippen LogP contribution is -2.38. The molecule has 2 rings (SSSR count). The number of carbonyl (C=O) groups is 2. The Labute approximate surface area is 137 Å². The van der Waals surface area contributed by atoms with E-state index >= 15 is 0 Å². The van der Waals surface area contributed by atoms with Gasteiger partial charge in [0.1, 0.15) is 5.60 Å². The second-order valence-corrected chi connectivity index (χ2v) is 7.09. The van der Waals surface area contributed by atoms with E-state index in [4.69, 9.17) is 14.2 Å². The molecule has 5 nitrogen and oxygen atoms in total. The third kappa shape index (κ3) is 3.20. The van der Waals surface area contributed by atoms with Crippen LogP contribution in [0.15, 0.2) is 23.8 Å². The Hall–Kier alpha value is -1.62. The van der Waals surface area contributed by atoms with Crippen molar-refractivity contribution in [3.05, 3.63) is 23.8 Å². The van der Waals surface area contributed by atoms with E-state index < -0.39 is 23.0 Å². The van der Waals surface area contributed by atoms with Gasteiger partial charge in [-0.3, -0.25) is 9.59 Å². The topological polar surface area (TPSA) is 61.8 Å². The first-order valence-electron chi connectivity index (χ1n) is 7.96. The van der Waals surface area contributed by atoms with Gasteiger partial charge in [0.05, 0.1) is 13.7 Å². The Morgan fingerprint density at radius 2 is 1.91 bits per heavy atom. The lowest BCUT2D eigenvalue weighted by atomic mass is 9.95. The number of hydrogen-bond acceptors (Lipinski definition) is 5. The zero-order valence-corrected chi connectivity index (χ0v) is 14.5. The molecule has 0 spiro atoms. The molecule has 0 aliphatic heterocycles. The quantitative estimate of drug-likeness (QED) is 0.575. The Balaban J connectivity index is 2.39. The fraction of sp³-hybridized carbons (Fsp3) is 0.667. The number of ether oxygens (including phenoxy) is 3. The minimum absolute atomic E-state index is 0.249. The summed E-state index contributed by atoms with van der Waals surface area (Å²) >= 11 is 0. The summed E-state index contributed by atoms with van der Waals surface area (Å²) in [5.74, 6) is -1.58. The monoisotopic (exact) mass is 322 g/mol. The Kier molecular flexibility index (Phi) is 4.99. The van der Waals surface area contributed by atoms with Gasteiger partial charge in [-0.15, -0.1) is 0 Å². The maximum atomic E-state index is 12.9. The zero-order chi connectivity index (χ0) is 17.3.